The van der Waals surface area contributed by atoms with Crippen LogP contribution < -0.4 is 0 Å². The lowest BCUT2D eigenvalue weighted by Gasteiger charge is -2.08. The minimum absolute atomic E-state index is 0.00368. The van der Waals surface area contributed by atoms with Gasteiger partial charge >= 0.3 is 6.18 Å². The molecular weight excluding hydrogens is 279 g/mol. The Morgan fingerprint density at radius 3 is 2.40 bits per heavy atom. The third-order valence-electron chi connectivity index (χ3n) is 2.53. The Hall–Kier alpha value is -2.64. The summed E-state index contributed by atoms with van der Waals surface area (Å²) in [5.74, 6) is -0.0283. The molecule has 20 heavy (non-hydrogen) atoms. The molecule has 0 aliphatic rings. The van der Waals surface area contributed by atoms with Crippen LogP contribution in [0, 0.1) is 10.1 Å². The molecule has 2 rings (SSSR count). The first-order valence-electron chi connectivity index (χ1n) is 5.24. The van der Waals surface area contributed by atoms with Crippen molar-refractivity contribution in [3.05, 3.63) is 51.8 Å². The van der Waals surface area contributed by atoms with Gasteiger partial charge in [-0.1, -0.05) is 0 Å². The molecule has 0 fully saturated rings. The summed E-state index contributed by atoms with van der Waals surface area (Å²) in [6.07, 6.45) is -4.46. The SMILES string of the molecule is O=Cc1ccc(-c2ccc([N+](=O)[O-])c(C(F)(F)F)c2)o1. The van der Waals surface area contributed by atoms with Crippen LogP contribution >= 0.6 is 0 Å². The number of halogens is 3. The maximum Gasteiger partial charge on any atom is 0.423 e. The van der Waals surface area contributed by atoms with E-state index < -0.39 is 22.4 Å². The monoisotopic (exact) mass is 285 g/mol. The first kappa shape index (κ1) is 13.8. The van der Waals surface area contributed by atoms with Crippen molar-refractivity contribution in [3.63, 3.8) is 0 Å². The molecule has 0 N–H and O–H groups in total. The molecule has 0 radical (unpaired) electrons. The van der Waals surface area contributed by atoms with Gasteiger partial charge in [0.05, 0.1) is 4.92 Å². The number of nitro groups is 1. The largest absolute Gasteiger partial charge is 0.453 e. The van der Waals surface area contributed by atoms with E-state index in [2.05, 4.69) is 0 Å². The molecule has 0 unspecified atom stereocenters. The summed E-state index contributed by atoms with van der Waals surface area (Å²) in [5.41, 5.74) is -2.41. The molecule has 0 spiro atoms. The molecule has 0 atom stereocenters. The molecule has 1 aromatic heterocycles. The van der Waals surface area contributed by atoms with Gasteiger partial charge in [0.2, 0.25) is 0 Å². The van der Waals surface area contributed by atoms with Gasteiger partial charge in [-0.25, -0.2) is 0 Å². The summed E-state index contributed by atoms with van der Waals surface area (Å²) in [7, 11) is 0. The predicted octanol–water partition coefficient (Wildman–Crippen LogP) is 3.69. The third kappa shape index (κ3) is 2.53. The molecule has 0 saturated heterocycles. The molecule has 5 nitrogen and oxygen atoms in total. The van der Waals surface area contributed by atoms with Crippen LogP contribution in [-0.4, -0.2) is 11.2 Å². The van der Waals surface area contributed by atoms with Crippen LogP contribution in [0.25, 0.3) is 11.3 Å². The minimum atomic E-state index is -4.86. The van der Waals surface area contributed by atoms with Crippen LogP contribution in [0.1, 0.15) is 16.1 Å². The molecule has 8 heteroatoms. The summed E-state index contributed by atoms with van der Waals surface area (Å²) < 4.78 is 43.3. The van der Waals surface area contributed by atoms with Crippen LogP contribution in [0.4, 0.5) is 18.9 Å². The van der Waals surface area contributed by atoms with Crippen molar-refractivity contribution in [1.82, 2.24) is 0 Å². The van der Waals surface area contributed by atoms with Gasteiger partial charge in [0.25, 0.3) is 5.69 Å². The van der Waals surface area contributed by atoms with E-state index in [0.717, 1.165) is 12.1 Å². The third-order valence-corrected chi connectivity index (χ3v) is 2.53. The summed E-state index contributed by atoms with van der Waals surface area (Å²) in [6.45, 7) is 0. The maximum atomic E-state index is 12.8. The van der Waals surface area contributed by atoms with Crippen molar-refractivity contribution in [2.45, 2.75) is 6.18 Å². The van der Waals surface area contributed by atoms with E-state index in [-0.39, 0.29) is 17.1 Å². The van der Waals surface area contributed by atoms with Gasteiger partial charge < -0.3 is 4.42 Å². The number of hydrogen-bond donors (Lipinski definition) is 0. The highest BCUT2D eigenvalue weighted by Crippen LogP contribution is 2.38. The smallest absolute Gasteiger partial charge is 0.423 e. The number of hydrogen-bond acceptors (Lipinski definition) is 4. The molecule has 1 heterocycles. The normalized spacial score (nSPS) is 11.3. The average molecular weight is 285 g/mol. The zero-order chi connectivity index (χ0) is 14.9. The van der Waals surface area contributed by atoms with E-state index in [4.69, 9.17) is 4.42 Å². The lowest BCUT2D eigenvalue weighted by atomic mass is 10.1. The number of aldehydes is 1. The maximum absolute atomic E-state index is 12.8. The number of carbonyl (C=O) groups is 1. The summed E-state index contributed by atoms with van der Waals surface area (Å²) in [5, 5.41) is 10.6. The van der Waals surface area contributed by atoms with Crippen LogP contribution in [0.5, 0.6) is 0 Å². The van der Waals surface area contributed by atoms with Crippen molar-refractivity contribution in [2.24, 2.45) is 0 Å². The summed E-state index contributed by atoms with van der Waals surface area (Å²) in [6, 6.07) is 5.09. The molecule has 0 bridgehead atoms. The lowest BCUT2D eigenvalue weighted by Crippen LogP contribution is -2.09. The highest BCUT2D eigenvalue weighted by atomic mass is 19.4. The molecule has 0 saturated carbocycles. The van der Waals surface area contributed by atoms with Gasteiger partial charge in [0.15, 0.2) is 12.0 Å². The van der Waals surface area contributed by atoms with Gasteiger partial charge in [-0.15, -0.1) is 0 Å². The minimum Gasteiger partial charge on any atom is -0.453 e. The second-order valence-corrected chi connectivity index (χ2v) is 3.81. The van der Waals surface area contributed by atoms with E-state index in [1.165, 1.54) is 12.1 Å². The van der Waals surface area contributed by atoms with Gasteiger partial charge in [-0.05, 0) is 24.3 Å². The Labute approximate surface area is 109 Å². The fourth-order valence-electron chi connectivity index (χ4n) is 1.65. The number of nitro benzene ring substituents is 1. The Bertz CT molecular complexity index is 676. The first-order chi connectivity index (χ1) is 9.32. The number of nitrogens with zero attached hydrogens (tertiary/aromatic N) is 1. The van der Waals surface area contributed by atoms with Crippen LogP contribution in [0.2, 0.25) is 0 Å². The van der Waals surface area contributed by atoms with E-state index in [9.17, 15) is 28.1 Å². The van der Waals surface area contributed by atoms with Crippen molar-refractivity contribution in [1.29, 1.82) is 0 Å². The van der Waals surface area contributed by atoms with Gasteiger partial charge in [0, 0.05) is 11.6 Å². The number of rotatable bonds is 3. The zero-order valence-electron chi connectivity index (χ0n) is 9.68. The van der Waals surface area contributed by atoms with E-state index in [0.29, 0.717) is 12.4 Å². The van der Waals surface area contributed by atoms with Crippen molar-refractivity contribution in [2.75, 3.05) is 0 Å². The Kier molecular flexibility index (Phi) is 3.31. The molecule has 0 amide bonds. The Morgan fingerprint density at radius 1 is 1.20 bits per heavy atom. The number of benzene rings is 1. The van der Waals surface area contributed by atoms with Crippen molar-refractivity contribution < 1.29 is 27.3 Å². The van der Waals surface area contributed by atoms with Gasteiger partial charge in [-0.2, -0.15) is 13.2 Å². The first-order valence-corrected chi connectivity index (χ1v) is 5.24. The van der Waals surface area contributed by atoms with Gasteiger partial charge in [-0.3, -0.25) is 14.9 Å². The highest BCUT2D eigenvalue weighted by molar-refractivity contribution is 5.73. The molecule has 1 aromatic carbocycles. The molecule has 0 aliphatic heterocycles. The second-order valence-electron chi connectivity index (χ2n) is 3.81. The van der Waals surface area contributed by atoms with Crippen molar-refractivity contribution in [3.8, 4) is 11.3 Å². The fourth-order valence-corrected chi connectivity index (χ4v) is 1.65. The number of furan rings is 1. The van der Waals surface area contributed by atoms with E-state index >= 15 is 0 Å². The molecule has 2 aromatic rings. The highest BCUT2D eigenvalue weighted by Gasteiger charge is 2.38. The average Bonchev–Trinajstić information content (AvgIpc) is 2.85. The topological polar surface area (TPSA) is 73.3 Å². The van der Waals surface area contributed by atoms with Crippen LogP contribution in [0.3, 0.4) is 0 Å². The standard InChI is InChI=1S/C12H6F3NO4/c13-12(14,15)9-5-7(1-3-10(9)16(18)19)11-4-2-8(6-17)20-11/h1-6H. The Morgan fingerprint density at radius 2 is 1.90 bits per heavy atom. The second kappa shape index (κ2) is 4.80. The molecular formula is C12H6F3NO4. The van der Waals surface area contributed by atoms with E-state index in [1.54, 1.807) is 0 Å². The van der Waals surface area contributed by atoms with Crippen LogP contribution in [0.15, 0.2) is 34.7 Å². The van der Waals surface area contributed by atoms with Crippen molar-refractivity contribution >= 4 is 12.0 Å². The van der Waals surface area contributed by atoms with Crippen LogP contribution in [-0.2, 0) is 6.18 Å². The Balaban J connectivity index is 2.57. The summed E-state index contributed by atoms with van der Waals surface area (Å²) in [4.78, 5) is 20.0. The predicted molar refractivity (Wildman–Crippen MR) is 61.2 cm³/mol. The molecule has 0 aliphatic carbocycles. The lowest BCUT2D eigenvalue weighted by molar-refractivity contribution is -0.388. The fraction of sp³-hybridized carbons (Fsp3) is 0.0833. The molecule has 104 valence electrons. The number of carbonyl (C=O) groups excluding carboxylic acids is 1. The number of alkyl halides is 3. The quantitative estimate of drug-likeness (QED) is 0.489. The van der Waals surface area contributed by atoms with Gasteiger partial charge in [0.1, 0.15) is 11.3 Å². The van der Waals surface area contributed by atoms with E-state index in [1.807, 2.05) is 0 Å². The zero-order valence-corrected chi connectivity index (χ0v) is 9.68. The summed E-state index contributed by atoms with van der Waals surface area (Å²) >= 11 is 0.